The van der Waals surface area contributed by atoms with Crippen LogP contribution in [-0.2, 0) is 30.8 Å². The SMILES string of the molecule is COCCOCCS(=O)(=O)NOCCCc1ccco1. The fourth-order valence-corrected chi connectivity index (χ4v) is 2.04. The Labute approximate surface area is 119 Å². The minimum atomic E-state index is -3.46. The molecule has 1 aromatic heterocycles. The normalized spacial score (nSPS) is 11.8. The van der Waals surface area contributed by atoms with Gasteiger partial charge < -0.3 is 13.9 Å². The first-order chi connectivity index (χ1) is 9.64. The van der Waals surface area contributed by atoms with Crippen LogP contribution in [-0.4, -0.2) is 47.7 Å². The average Bonchev–Trinajstić information content (AvgIpc) is 2.91. The van der Waals surface area contributed by atoms with E-state index in [0.717, 1.165) is 5.76 Å². The molecule has 0 spiro atoms. The van der Waals surface area contributed by atoms with Crippen molar-refractivity contribution in [3.05, 3.63) is 24.2 Å². The fraction of sp³-hybridized carbons (Fsp3) is 0.667. The lowest BCUT2D eigenvalue weighted by atomic mass is 10.3. The quantitative estimate of drug-likeness (QED) is 0.452. The second-order valence-electron chi connectivity index (χ2n) is 4.04. The second-order valence-corrected chi connectivity index (χ2v) is 5.84. The third kappa shape index (κ3) is 8.28. The van der Waals surface area contributed by atoms with Crippen LogP contribution < -0.4 is 4.89 Å². The average molecular weight is 307 g/mol. The highest BCUT2D eigenvalue weighted by Crippen LogP contribution is 2.03. The molecule has 7 nitrogen and oxygen atoms in total. The first kappa shape index (κ1) is 17.1. The van der Waals surface area contributed by atoms with Gasteiger partial charge >= 0.3 is 0 Å². The van der Waals surface area contributed by atoms with E-state index in [0.29, 0.717) is 26.1 Å². The van der Waals surface area contributed by atoms with E-state index in [4.69, 9.17) is 18.7 Å². The lowest BCUT2D eigenvalue weighted by Gasteiger charge is -2.07. The first-order valence-corrected chi connectivity index (χ1v) is 7.99. The van der Waals surface area contributed by atoms with Crippen molar-refractivity contribution in [2.24, 2.45) is 0 Å². The van der Waals surface area contributed by atoms with Gasteiger partial charge in [0.1, 0.15) is 5.76 Å². The van der Waals surface area contributed by atoms with Crippen molar-refractivity contribution in [1.29, 1.82) is 0 Å². The Morgan fingerprint density at radius 1 is 1.25 bits per heavy atom. The van der Waals surface area contributed by atoms with Gasteiger partial charge in [-0.2, -0.15) is 0 Å². The molecule has 1 aromatic rings. The minimum absolute atomic E-state index is 0.106. The van der Waals surface area contributed by atoms with Crippen LogP contribution in [0.2, 0.25) is 0 Å². The molecule has 0 aliphatic rings. The summed E-state index contributed by atoms with van der Waals surface area (Å²) in [6, 6.07) is 3.67. The van der Waals surface area contributed by atoms with Gasteiger partial charge in [-0.1, -0.05) is 4.89 Å². The summed E-state index contributed by atoms with van der Waals surface area (Å²) in [4.78, 5) is 6.98. The van der Waals surface area contributed by atoms with E-state index in [1.165, 1.54) is 0 Å². The van der Waals surface area contributed by atoms with Crippen molar-refractivity contribution in [3.63, 3.8) is 0 Å². The number of ether oxygens (including phenoxy) is 2. The summed E-state index contributed by atoms with van der Waals surface area (Å²) < 4.78 is 38.0. The molecule has 0 aliphatic carbocycles. The number of hydrogen-bond acceptors (Lipinski definition) is 6. The van der Waals surface area contributed by atoms with Gasteiger partial charge in [-0.3, -0.25) is 4.84 Å². The van der Waals surface area contributed by atoms with E-state index in [1.54, 1.807) is 13.4 Å². The van der Waals surface area contributed by atoms with Crippen molar-refractivity contribution in [3.8, 4) is 0 Å². The Balaban J connectivity index is 2.01. The van der Waals surface area contributed by atoms with Crippen LogP contribution in [0.25, 0.3) is 0 Å². The number of furan rings is 1. The molecule has 0 radical (unpaired) electrons. The summed E-state index contributed by atoms with van der Waals surface area (Å²) in [6.45, 7) is 1.20. The number of methoxy groups -OCH3 is 1. The van der Waals surface area contributed by atoms with Gasteiger partial charge in [-0.25, -0.2) is 8.42 Å². The molecule has 1 rings (SSSR count). The van der Waals surface area contributed by atoms with Crippen LogP contribution in [0.15, 0.2) is 22.8 Å². The highest BCUT2D eigenvalue weighted by atomic mass is 32.2. The molecule has 0 saturated carbocycles. The van der Waals surface area contributed by atoms with Crippen LogP contribution >= 0.6 is 0 Å². The van der Waals surface area contributed by atoms with Crippen LogP contribution in [0.3, 0.4) is 0 Å². The smallest absolute Gasteiger partial charge is 0.235 e. The predicted octanol–water partition coefficient (Wildman–Crippen LogP) is 0.726. The van der Waals surface area contributed by atoms with Gasteiger partial charge in [0.15, 0.2) is 0 Å². The van der Waals surface area contributed by atoms with Gasteiger partial charge in [-0.15, -0.1) is 0 Å². The molecular formula is C12H21NO6S. The van der Waals surface area contributed by atoms with Crippen molar-refractivity contribution in [1.82, 2.24) is 4.89 Å². The zero-order chi connectivity index (χ0) is 14.7. The van der Waals surface area contributed by atoms with Crippen molar-refractivity contribution in [2.45, 2.75) is 12.8 Å². The molecule has 0 atom stereocenters. The Morgan fingerprint density at radius 3 is 2.80 bits per heavy atom. The third-order valence-electron chi connectivity index (χ3n) is 2.36. The molecule has 1 heterocycles. The molecular weight excluding hydrogens is 286 g/mol. The number of aryl methyl sites for hydroxylation is 1. The highest BCUT2D eigenvalue weighted by molar-refractivity contribution is 7.89. The third-order valence-corrected chi connectivity index (χ3v) is 3.44. The topological polar surface area (TPSA) is 87.0 Å². The lowest BCUT2D eigenvalue weighted by molar-refractivity contribution is 0.0748. The van der Waals surface area contributed by atoms with Gasteiger partial charge in [0.25, 0.3) is 0 Å². The van der Waals surface area contributed by atoms with Crippen LogP contribution in [0.5, 0.6) is 0 Å². The van der Waals surface area contributed by atoms with Crippen LogP contribution in [0.4, 0.5) is 0 Å². The molecule has 1 N–H and O–H groups in total. The fourth-order valence-electron chi connectivity index (χ4n) is 1.36. The van der Waals surface area contributed by atoms with Gasteiger partial charge in [0.05, 0.1) is 38.4 Å². The monoisotopic (exact) mass is 307 g/mol. The predicted molar refractivity (Wildman–Crippen MR) is 72.6 cm³/mol. The molecule has 0 saturated heterocycles. The van der Waals surface area contributed by atoms with Crippen LogP contribution in [0, 0.1) is 0 Å². The van der Waals surface area contributed by atoms with E-state index in [9.17, 15) is 8.42 Å². The van der Waals surface area contributed by atoms with E-state index in [2.05, 4.69) is 4.89 Å². The van der Waals surface area contributed by atoms with Gasteiger partial charge in [0, 0.05) is 13.5 Å². The van der Waals surface area contributed by atoms with E-state index >= 15 is 0 Å². The zero-order valence-electron chi connectivity index (χ0n) is 11.5. The number of rotatable bonds is 12. The standard InChI is InChI=1S/C12H21NO6S/c1-16-8-9-17-10-11-20(14,15)13-19-7-3-5-12-4-2-6-18-12/h2,4,6,13H,3,5,7-11H2,1H3. The van der Waals surface area contributed by atoms with E-state index < -0.39 is 10.0 Å². The Bertz CT molecular complexity index is 431. The number of hydrogen-bond donors (Lipinski definition) is 1. The van der Waals surface area contributed by atoms with Crippen molar-refractivity contribution >= 4 is 10.0 Å². The maximum Gasteiger partial charge on any atom is 0.235 e. The first-order valence-electron chi connectivity index (χ1n) is 6.34. The van der Waals surface area contributed by atoms with Gasteiger partial charge in [0.2, 0.25) is 10.0 Å². The summed E-state index contributed by atoms with van der Waals surface area (Å²) >= 11 is 0. The van der Waals surface area contributed by atoms with Gasteiger partial charge in [-0.05, 0) is 18.6 Å². The highest BCUT2D eigenvalue weighted by Gasteiger charge is 2.09. The second kappa shape index (κ2) is 9.89. The summed E-state index contributed by atoms with van der Waals surface area (Å²) in [5.74, 6) is 0.706. The zero-order valence-corrected chi connectivity index (χ0v) is 12.4. The molecule has 0 unspecified atom stereocenters. The summed E-state index contributed by atoms with van der Waals surface area (Å²) in [7, 11) is -1.91. The van der Waals surface area contributed by atoms with Crippen LogP contribution in [0.1, 0.15) is 12.2 Å². The molecule has 116 valence electrons. The van der Waals surface area contributed by atoms with Crippen molar-refractivity contribution < 1.29 is 27.1 Å². The molecule has 8 heteroatoms. The van der Waals surface area contributed by atoms with E-state index in [-0.39, 0.29) is 19.0 Å². The number of nitrogens with one attached hydrogen (secondary N) is 1. The molecule has 0 aliphatic heterocycles. The summed E-state index contributed by atoms with van der Waals surface area (Å²) in [6.07, 6.45) is 2.97. The minimum Gasteiger partial charge on any atom is -0.469 e. The van der Waals surface area contributed by atoms with Crippen molar-refractivity contribution in [2.75, 3.05) is 39.3 Å². The largest absolute Gasteiger partial charge is 0.469 e. The Hall–Kier alpha value is -0.930. The lowest BCUT2D eigenvalue weighted by Crippen LogP contribution is -2.29. The van der Waals surface area contributed by atoms with E-state index in [1.807, 2.05) is 12.1 Å². The molecule has 0 amide bonds. The molecule has 0 aromatic carbocycles. The summed E-state index contributed by atoms with van der Waals surface area (Å²) in [5, 5.41) is 0. The Kier molecular flexibility index (Phi) is 8.47. The maximum atomic E-state index is 11.5. The maximum absolute atomic E-state index is 11.5. The summed E-state index contributed by atoms with van der Waals surface area (Å²) in [5.41, 5.74) is 0. The molecule has 20 heavy (non-hydrogen) atoms. The number of sulfonamides is 1. The Morgan fingerprint density at radius 2 is 2.10 bits per heavy atom. The molecule has 0 fully saturated rings. The molecule has 0 bridgehead atoms.